The normalized spacial score (nSPS) is 25.6. The van der Waals surface area contributed by atoms with Crippen molar-refractivity contribution in [3.63, 3.8) is 0 Å². The summed E-state index contributed by atoms with van der Waals surface area (Å²) in [5.41, 5.74) is 0. The number of carbonyl (C=O) groups is 1. The van der Waals surface area contributed by atoms with E-state index in [0.717, 1.165) is 25.7 Å². The third kappa shape index (κ3) is 7.53. The number of hydrogen-bond donors (Lipinski definition) is 2. The molecule has 0 aromatic heterocycles. The van der Waals surface area contributed by atoms with Crippen LogP contribution in [0.5, 0.6) is 0 Å². The Bertz CT molecular complexity index is 242. The maximum absolute atomic E-state index is 11.7. The molecule has 0 spiro atoms. The van der Waals surface area contributed by atoms with Crippen LogP contribution in [0.4, 0.5) is 0 Å². The number of ether oxygens (including phenoxy) is 1. The van der Waals surface area contributed by atoms with Crippen LogP contribution in [0.3, 0.4) is 0 Å². The molecule has 1 saturated heterocycles. The highest BCUT2D eigenvalue weighted by atomic mass is 16.6. The molecule has 4 heteroatoms. The first kappa shape index (κ1) is 16.4. The molecule has 1 rings (SSSR count). The molecular formula is C15H28O4. The fraction of sp³-hybridized carbons (Fsp3) is 0.933. The van der Waals surface area contributed by atoms with Crippen LogP contribution in [0.1, 0.15) is 70.6 Å². The summed E-state index contributed by atoms with van der Waals surface area (Å²) in [5.74, 6) is -0.207. The van der Waals surface area contributed by atoms with E-state index in [1.54, 1.807) is 0 Å². The van der Waals surface area contributed by atoms with Crippen molar-refractivity contribution in [1.29, 1.82) is 0 Å². The lowest BCUT2D eigenvalue weighted by molar-refractivity contribution is -0.156. The molecule has 2 N–H and O–H groups in total. The number of cyclic esters (lactones) is 1. The lowest BCUT2D eigenvalue weighted by Crippen LogP contribution is -2.32. The smallest absolute Gasteiger partial charge is 0.306 e. The van der Waals surface area contributed by atoms with Gasteiger partial charge in [-0.05, 0) is 19.3 Å². The standard InChI is InChI=1S/C15H28O4/c16-12-11-13(17)14-9-7-5-3-1-2-4-6-8-10-15(18)19-14/h13-14,16-17H,1-12H2/t13-,14-/m0/s1. The van der Waals surface area contributed by atoms with Gasteiger partial charge in [0.15, 0.2) is 0 Å². The van der Waals surface area contributed by atoms with Crippen LogP contribution in [0, 0.1) is 0 Å². The Balaban J connectivity index is 2.47. The quantitative estimate of drug-likeness (QED) is 0.775. The summed E-state index contributed by atoms with van der Waals surface area (Å²) in [7, 11) is 0. The van der Waals surface area contributed by atoms with Crippen molar-refractivity contribution in [2.75, 3.05) is 6.61 Å². The van der Waals surface area contributed by atoms with Crippen molar-refractivity contribution < 1.29 is 19.7 Å². The van der Waals surface area contributed by atoms with Gasteiger partial charge in [-0.25, -0.2) is 0 Å². The maximum atomic E-state index is 11.7. The summed E-state index contributed by atoms with van der Waals surface area (Å²) in [6.07, 6.45) is 9.23. The molecule has 0 saturated carbocycles. The molecule has 0 aliphatic carbocycles. The van der Waals surface area contributed by atoms with Gasteiger partial charge < -0.3 is 14.9 Å². The maximum Gasteiger partial charge on any atom is 0.306 e. The van der Waals surface area contributed by atoms with E-state index in [4.69, 9.17) is 9.84 Å². The number of aliphatic hydroxyl groups is 2. The Hall–Kier alpha value is -0.610. The van der Waals surface area contributed by atoms with Gasteiger partial charge in [0.25, 0.3) is 0 Å². The van der Waals surface area contributed by atoms with Crippen LogP contribution >= 0.6 is 0 Å². The van der Waals surface area contributed by atoms with Gasteiger partial charge in [-0.1, -0.05) is 38.5 Å². The summed E-state index contributed by atoms with van der Waals surface area (Å²) in [4.78, 5) is 11.7. The van der Waals surface area contributed by atoms with E-state index in [2.05, 4.69) is 0 Å². The number of rotatable bonds is 3. The Kier molecular flexibility index (Phi) is 8.84. The summed E-state index contributed by atoms with van der Waals surface area (Å²) >= 11 is 0. The molecule has 0 unspecified atom stereocenters. The number of aliphatic hydroxyl groups excluding tert-OH is 2. The van der Waals surface area contributed by atoms with E-state index >= 15 is 0 Å². The van der Waals surface area contributed by atoms with E-state index in [1.165, 1.54) is 25.7 Å². The van der Waals surface area contributed by atoms with Crippen molar-refractivity contribution in [3.8, 4) is 0 Å². The van der Waals surface area contributed by atoms with Crippen molar-refractivity contribution in [1.82, 2.24) is 0 Å². The van der Waals surface area contributed by atoms with E-state index in [9.17, 15) is 9.90 Å². The van der Waals surface area contributed by atoms with Gasteiger partial charge in [-0.3, -0.25) is 4.79 Å². The topological polar surface area (TPSA) is 66.8 Å². The summed E-state index contributed by atoms with van der Waals surface area (Å²) in [6.45, 7) is -0.0742. The van der Waals surface area contributed by atoms with Crippen molar-refractivity contribution in [2.24, 2.45) is 0 Å². The SMILES string of the molecule is O=C1CCCCCCCCCC[C@@H]([C@@H](O)CCO)O1. The summed E-state index contributed by atoms with van der Waals surface area (Å²) < 4.78 is 5.38. The van der Waals surface area contributed by atoms with Gasteiger partial charge in [0.2, 0.25) is 0 Å². The molecular weight excluding hydrogens is 244 g/mol. The zero-order valence-electron chi connectivity index (χ0n) is 11.9. The van der Waals surface area contributed by atoms with E-state index in [1.807, 2.05) is 0 Å². The fourth-order valence-electron chi connectivity index (χ4n) is 2.55. The zero-order valence-corrected chi connectivity index (χ0v) is 11.9. The Morgan fingerprint density at radius 2 is 1.63 bits per heavy atom. The van der Waals surface area contributed by atoms with Gasteiger partial charge >= 0.3 is 5.97 Å². The molecule has 0 amide bonds. The lowest BCUT2D eigenvalue weighted by Gasteiger charge is -2.22. The zero-order chi connectivity index (χ0) is 13.9. The summed E-state index contributed by atoms with van der Waals surface area (Å²) in [6, 6.07) is 0. The van der Waals surface area contributed by atoms with Crippen molar-refractivity contribution >= 4 is 5.97 Å². The number of hydrogen-bond acceptors (Lipinski definition) is 4. The predicted molar refractivity (Wildman–Crippen MR) is 73.8 cm³/mol. The Labute approximate surface area is 116 Å². The van der Waals surface area contributed by atoms with E-state index in [0.29, 0.717) is 12.8 Å². The predicted octanol–water partition coefficient (Wildman–Crippen LogP) is 2.56. The molecule has 1 aliphatic rings. The highest BCUT2D eigenvalue weighted by Crippen LogP contribution is 2.18. The molecule has 0 aromatic carbocycles. The second-order valence-electron chi connectivity index (χ2n) is 5.48. The molecule has 1 aliphatic heterocycles. The number of carbonyl (C=O) groups excluding carboxylic acids is 1. The third-order valence-corrected chi connectivity index (χ3v) is 3.76. The van der Waals surface area contributed by atoms with Crippen molar-refractivity contribution in [3.05, 3.63) is 0 Å². The lowest BCUT2D eigenvalue weighted by atomic mass is 10.0. The van der Waals surface area contributed by atoms with Crippen LogP contribution in [0.15, 0.2) is 0 Å². The average Bonchev–Trinajstić information content (AvgIpc) is 2.40. The van der Waals surface area contributed by atoms with Crippen LogP contribution in [-0.4, -0.2) is 35.0 Å². The largest absolute Gasteiger partial charge is 0.460 e. The second-order valence-corrected chi connectivity index (χ2v) is 5.48. The molecule has 1 fully saturated rings. The minimum Gasteiger partial charge on any atom is -0.460 e. The van der Waals surface area contributed by atoms with Crippen LogP contribution < -0.4 is 0 Å². The minimum absolute atomic E-state index is 0.0742. The second kappa shape index (κ2) is 10.2. The molecule has 4 nitrogen and oxygen atoms in total. The van der Waals surface area contributed by atoms with E-state index < -0.39 is 12.2 Å². The highest BCUT2D eigenvalue weighted by molar-refractivity contribution is 5.69. The molecule has 1 heterocycles. The van der Waals surface area contributed by atoms with E-state index in [-0.39, 0.29) is 19.0 Å². The molecule has 0 aromatic rings. The molecule has 19 heavy (non-hydrogen) atoms. The monoisotopic (exact) mass is 272 g/mol. The van der Waals surface area contributed by atoms with Gasteiger partial charge in [0.05, 0.1) is 6.10 Å². The van der Waals surface area contributed by atoms with Gasteiger partial charge in [-0.15, -0.1) is 0 Å². The molecule has 0 radical (unpaired) electrons. The van der Waals surface area contributed by atoms with Crippen LogP contribution in [-0.2, 0) is 9.53 Å². The fourth-order valence-corrected chi connectivity index (χ4v) is 2.55. The number of esters is 1. The van der Waals surface area contributed by atoms with Crippen LogP contribution in [0.25, 0.3) is 0 Å². The average molecular weight is 272 g/mol. The Morgan fingerprint density at radius 1 is 1.05 bits per heavy atom. The third-order valence-electron chi connectivity index (χ3n) is 3.76. The van der Waals surface area contributed by atoms with Crippen LogP contribution in [0.2, 0.25) is 0 Å². The molecule has 112 valence electrons. The Morgan fingerprint density at radius 3 is 2.26 bits per heavy atom. The van der Waals surface area contributed by atoms with Gasteiger partial charge in [0.1, 0.15) is 6.10 Å². The first-order chi connectivity index (χ1) is 9.24. The highest BCUT2D eigenvalue weighted by Gasteiger charge is 2.22. The first-order valence-electron chi connectivity index (χ1n) is 7.72. The van der Waals surface area contributed by atoms with Gasteiger partial charge in [-0.2, -0.15) is 0 Å². The molecule has 0 bridgehead atoms. The van der Waals surface area contributed by atoms with Gasteiger partial charge in [0, 0.05) is 19.4 Å². The van der Waals surface area contributed by atoms with Crippen molar-refractivity contribution in [2.45, 2.75) is 82.8 Å². The summed E-state index contributed by atoms with van der Waals surface area (Å²) in [5, 5.41) is 18.8. The molecule has 2 atom stereocenters. The first-order valence-corrected chi connectivity index (χ1v) is 7.72. The minimum atomic E-state index is -0.737.